The van der Waals surface area contributed by atoms with Crippen molar-refractivity contribution in [2.45, 2.75) is 27.2 Å². The van der Waals surface area contributed by atoms with Gasteiger partial charge in [-0.05, 0) is 55.7 Å². The molecule has 4 rings (SSSR count). The first-order chi connectivity index (χ1) is 15.4. The molecule has 0 saturated heterocycles. The van der Waals surface area contributed by atoms with Crippen molar-refractivity contribution in [1.29, 1.82) is 5.41 Å². The number of thiazole rings is 1. The highest BCUT2D eigenvalue weighted by Crippen LogP contribution is 2.35. The van der Waals surface area contributed by atoms with Crippen molar-refractivity contribution in [2.24, 2.45) is 0 Å². The molecule has 0 unspecified atom stereocenters. The van der Waals surface area contributed by atoms with Crippen LogP contribution in [0.2, 0.25) is 0 Å². The number of anilines is 1. The number of esters is 1. The van der Waals surface area contributed by atoms with Crippen molar-refractivity contribution in [3.05, 3.63) is 75.3 Å². The predicted molar refractivity (Wildman–Crippen MR) is 129 cm³/mol. The molecule has 0 bridgehead atoms. The number of carbonyl (C=O) groups excluding carboxylic acids is 1. The molecule has 164 valence electrons. The largest absolute Gasteiger partial charge is 0.510 e. The van der Waals surface area contributed by atoms with Gasteiger partial charge in [0.1, 0.15) is 16.6 Å². The molecule has 2 N–H and O–H groups in total. The lowest BCUT2D eigenvalue weighted by Crippen LogP contribution is -2.26. The maximum atomic E-state index is 12.2. The molecular formula is C25H25N3O3S. The average Bonchev–Trinajstić information content (AvgIpc) is 3.38. The number of amidine groups is 1. The summed E-state index contributed by atoms with van der Waals surface area (Å²) in [5, 5.41) is 21.9. The molecule has 1 aliphatic heterocycles. The molecule has 2 heterocycles. The van der Waals surface area contributed by atoms with E-state index in [1.54, 1.807) is 23.1 Å². The van der Waals surface area contributed by atoms with E-state index in [0.717, 1.165) is 17.7 Å². The second-order valence-corrected chi connectivity index (χ2v) is 8.64. The van der Waals surface area contributed by atoms with Gasteiger partial charge >= 0.3 is 5.97 Å². The molecule has 32 heavy (non-hydrogen) atoms. The lowest BCUT2D eigenvalue weighted by molar-refractivity contribution is 0.0505. The first-order valence-corrected chi connectivity index (χ1v) is 11.4. The number of nitrogens with zero attached hydrogens (tertiary/aromatic N) is 2. The van der Waals surface area contributed by atoms with Gasteiger partial charge in [0, 0.05) is 16.6 Å². The lowest BCUT2D eigenvalue weighted by atomic mass is 10.1. The summed E-state index contributed by atoms with van der Waals surface area (Å²) in [5.41, 5.74) is 5.73. The Bertz CT molecular complexity index is 1230. The van der Waals surface area contributed by atoms with Crippen LogP contribution < -0.4 is 4.90 Å². The second-order valence-electron chi connectivity index (χ2n) is 7.78. The monoisotopic (exact) mass is 447 g/mol. The zero-order chi connectivity index (χ0) is 22.8. The van der Waals surface area contributed by atoms with Crippen LogP contribution in [0.4, 0.5) is 5.69 Å². The van der Waals surface area contributed by atoms with E-state index in [-0.39, 0.29) is 18.1 Å². The van der Waals surface area contributed by atoms with Gasteiger partial charge in [0.25, 0.3) is 0 Å². The van der Waals surface area contributed by atoms with Gasteiger partial charge in [-0.15, -0.1) is 11.3 Å². The quantitative estimate of drug-likeness (QED) is 0.469. The van der Waals surface area contributed by atoms with Crippen molar-refractivity contribution in [3.63, 3.8) is 0 Å². The summed E-state index contributed by atoms with van der Waals surface area (Å²) < 4.78 is 5.21. The van der Waals surface area contributed by atoms with Gasteiger partial charge in [-0.25, -0.2) is 9.78 Å². The van der Waals surface area contributed by atoms with Gasteiger partial charge in [0.2, 0.25) is 0 Å². The van der Waals surface area contributed by atoms with Crippen molar-refractivity contribution in [3.8, 4) is 11.3 Å². The smallest absolute Gasteiger partial charge is 0.338 e. The van der Waals surface area contributed by atoms with Crippen LogP contribution in [0, 0.1) is 19.3 Å². The van der Waals surface area contributed by atoms with Crippen LogP contribution in [0.25, 0.3) is 16.8 Å². The highest BCUT2D eigenvalue weighted by molar-refractivity contribution is 7.11. The summed E-state index contributed by atoms with van der Waals surface area (Å²) in [4.78, 5) is 18.6. The minimum atomic E-state index is -0.394. The summed E-state index contributed by atoms with van der Waals surface area (Å²) in [6.45, 7) is 6.59. The Morgan fingerprint density at radius 3 is 2.78 bits per heavy atom. The molecule has 7 heteroatoms. The Morgan fingerprint density at radius 1 is 1.22 bits per heavy atom. The summed E-state index contributed by atoms with van der Waals surface area (Å²) in [6, 6.07) is 13.1. The van der Waals surface area contributed by atoms with Crippen LogP contribution in [-0.2, 0) is 4.74 Å². The van der Waals surface area contributed by atoms with Crippen molar-refractivity contribution < 1.29 is 14.6 Å². The highest BCUT2D eigenvalue weighted by atomic mass is 32.1. The van der Waals surface area contributed by atoms with Crippen LogP contribution in [0.3, 0.4) is 0 Å². The number of ether oxygens (including phenoxy) is 1. The number of aliphatic hydroxyl groups excluding tert-OH is 1. The number of aliphatic hydroxyl groups is 1. The molecule has 0 fully saturated rings. The second kappa shape index (κ2) is 8.96. The van der Waals surface area contributed by atoms with E-state index in [1.165, 1.54) is 22.5 Å². The first-order valence-electron chi connectivity index (χ1n) is 10.5. The maximum absolute atomic E-state index is 12.2. The molecule has 0 amide bonds. The van der Waals surface area contributed by atoms with Gasteiger partial charge in [-0.1, -0.05) is 25.1 Å². The number of benzene rings is 2. The number of hydrogen-bond acceptors (Lipinski definition) is 6. The molecule has 1 aliphatic rings. The van der Waals surface area contributed by atoms with Gasteiger partial charge in [-0.3, -0.25) is 5.41 Å². The van der Waals surface area contributed by atoms with E-state index in [1.807, 2.05) is 24.4 Å². The zero-order valence-electron chi connectivity index (χ0n) is 18.3. The van der Waals surface area contributed by atoms with Gasteiger partial charge < -0.3 is 14.7 Å². The summed E-state index contributed by atoms with van der Waals surface area (Å²) in [5.74, 6) is -0.146. The van der Waals surface area contributed by atoms with Crippen LogP contribution >= 0.6 is 11.3 Å². The average molecular weight is 448 g/mol. The molecule has 2 aromatic carbocycles. The van der Waals surface area contributed by atoms with Gasteiger partial charge in [0.05, 0.1) is 30.0 Å². The van der Waals surface area contributed by atoms with Crippen LogP contribution in [0.15, 0.2) is 53.6 Å². The lowest BCUT2D eigenvalue weighted by Gasteiger charge is -2.19. The first kappa shape index (κ1) is 21.8. The van der Waals surface area contributed by atoms with Crippen molar-refractivity contribution in [2.75, 3.05) is 18.1 Å². The van der Waals surface area contributed by atoms with Crippen molar-refractivity contribution >= 4 is 34.4 Å². The third-order valence-corrected chi connectivity index (χ3v) is 6.31. The number of nitrogens with one attached hydrogen (secondary N) is 1. The Balaban J connectivity index is 1.58. The molecule has 0 aliphatic carbocycles. The number of carbonyl (C=O) groups is 1. The van der Waals surface area contributed by atoms with E-state index in [9.17, 15) is 9.90 Å². The normalized spacial score (nSPS) is 13.7. The number of aromatic nitrogens is 1. The topological polar surface area (TPSA) is 86.5 Å². The molecule has 0 radical (unpaired) electrons. The minimum absolute atomic E-state index is 0.0925. The third-order valence-electron chi connectivity index (χ3n) is 5.45. The van der Waals surface area contributed by atoms with E-state index >= 15 is 0 Å². The van der Waals surface area contributed by atoms with E-state index < -0.39 is 5.97 Å². The summed E-state index contributed by atoms with van der Waals surface area (Å²) >= 11 is 1.40. The molecule has 6 nitrogen and oxygen atoms in total. The summed E-state index contributed by atoms with van der Waals surface area (Å²) in [7, 11) is 0. The predicted octanol–water partition coefficient (Wildman–Crippen LogP) is 5.76. The Hall–Kier alpha value is -3.45. The molecular weight excluding hydrogens is 422 g/mol. The van der Waals surface area contributed by atoms with E-state index in [2.05, 4.69) is 26.0 Å². The fourth-order valence-electron chi connectivity index (χ4n) is 3.53. The number of rotatable bonds is 6. The molecule has 0 saturated carbocycles. The number of aryl methyl sites for hydroxylation is 2. The van der Waals surface area contributed by atoms with Crippen molar-refractivity contribution in [1.82, 2.24) is 4.98 Å². The van der Waals surface area contributed by atoms with E-state index in [0.29, 0.717) is 28.4 Å². The highest BCUT2D eigenvalue weighted by Gasteiger charge is 2.31. The van der Waals surface area contributed by atoms with E-state index in [4.69, 9.17) is 15.1 Å². The Morgan fingerprint density at radius 2 is 2.03 bits per heavy atom. The number of hydrogen-bond donors (Lipinski definition) is 2. The van der Waals surface area contributed by atoms with Crippen LogP contribution in [0.1, 0.15) is 39.8 Å². The molecule has 0 spiro atoms. The van der Waals surface area contributed by atoms with Gasteiger partial charge in [0.15, 0.2) is 0 Å². The Labute approximate surface area is 191 Å². The molecule has 1 aromatic heterocycles. The fraction of sp³-hybridized carbons (Fsp3) is 0.240. The third kappa shape index (κ3) is 4.16. The standard InChI is InChI=1S/C25H25N3O3S/c1-4-10-31-25(30)18-6-5-7-19(12-18)28-13-21(29)22(23(28)26)24-27-20(14-32-24)17-9-8-15(2)16(3)11-17/h5-9,11-12,14,26,29H,4,10,13H2,1-3H3. The minimum Gasteiger partial charge on any atom is -0.510 e. The SMILES string of the molecule is CCCOC(=O)c1cccc(N2CC(O)=C(c3nc(-c4ccc(C)c(C)c4)cs3)C2=N)c1. The summed E-state index contributed by atoms with van der Waals surface area (Å²) in [6.07, 6.45) is 0.751. The fourth-order valence-corrected chi connectivity index (χ4v) is 4.42. The van der Waals surface area contributed by atoms with Gasteiger partial charge in [-0.2, -0.15) is 0 Å². The molecule has 3 aromatic rings. The Kier molecular flexibility index (Phi) is 6.10. The van der Waals surface area contributed by atoms with Crippen LogP contribution in [-0.4, -0.2) is 35.0 Å². The zero-order valence-corrected chi connectivity index (χ0v) is 19.1. The van der Waals surface area contributed by atoms with Crippen LogP contribution in [0.5, 0.6) is 0 Å². The molecule has 0 atom stereocenters. The maximum Gasteiger partial charge on any atom is 0.338 e.